The van der Waals surface area contributed by atoms with Gasteiger partial charge in [-0.1, -0.05) is 29.8 Å². The Hall–Kier alpha value is -3.72. The summed E-state index contributed by atoms with van der Waals surface area (Å²) < 4.78 is 24.4. The van der Waals surface area contributed by atoms with Crippen LogP contribution in [0, 0.1) is 29.5 Å². The topological polar surface area (TPSA) is 97.3 Å². The summed E-state index contributed by atoms with van der Waals surface area (Å²) in [5.41, 5.74) is 0.593. The Bertz CT molecular complexity index is 1250. The quantitative estimate of drug-likeness (QED) is 0.358. The second-order valence-corrected chi connectivity index (χ2v) is 9.04. The van der Waals surface area contributed by atoms with E-state index in [0.29, 0.717) is 10.6 Å². The molecule has 2 fully saturated rings. The zero-order valence-electron chi connectivity index (χ0n) is 18.6. The smallest absolute Gasteiger partial charge is 0.262 e. The number of carbonyl (C=O) groups excluding carboxylic acids is 3. The molecule has 2 aliphatic carbocycles. The number of amides is 3. The molecule has 2 bridgehead atoms. The monoisotopic (exact) mass is 497 g/mol. The molecular weight excluding hydrogens is 477 g/mol. The number of imide groups is 1. The molecule has 0 aromatic heterocycles. The van der Waals surface area contributed by atoms with Crippen LogP contribution in [0.2, 0.25) is 5.02 Å². The lowest BCUT2D eigenvalue weighted by Gasteiger charge is -2.15. The Labute approximate surface area is 205 Å². The molecule has 10 heteroatoms. The van der Waals surface area contributed by atoms with Crippen molar-refractivity contribution in [1.29, 1.82) is 0 Å². The average Bonchev–Trinajstić information content (AvgIpc) is 3.50. The molecule has 2 aromatic rings. The zero-order chi connectivity index (χ0) is 24.7. The maximum Gasteiger partial charge on any atom is 0.262 e. The summed E-state index contributed by atoms with van der Waals surface area (Å²) in [6, 6.07) is 8.48. The van der Waals surface area contributed by atoms with E-state index in [1.54, 1.807) is 6.07 Å². The van der Waals surface area contributed by atoms with Crippen LogP contribution in [0.25, 0.3) is 0 Å². The van der Waals surface area contributed by atoms with Gasteiger partial charge in [-0.05, 0) is 42.5 Å². The van der Waals surface area contributed by atoms with Gasteiger partial charge in [-0.3, -0.25) is 14.4 Å². The van der Waals surface area contributed by atoms with Gasteiger partial charge < -0.3 is 14.8 Å². The van der Waals surface area contributed by atoms with E-state index in [4.69, 9.17) is 21.1 Å². The number of hydrazone groups is 1. The highest BCUT2D eigenvalue weighted by molar-refractivity contribution is 6.31. The maximum atomic E-state index is 13.4. The highest BCUT2D eigenvalue weighted by atomic mass is 35.5. The Balaban J connectivity index is 1.34. The molecule has 1 N–H and O–H groups in total. The van der Waals surface area contributed by atoms with Gasteiger partial charge in [-0.15, -0.1) is 0 Å². The van der Waals surface area contributed by atoms with E-state index in [0.717, 1.165) is 11.4 Å². The van der Waals surface area contributed by atoms with Crippen LogP contribution in [0.3, 0.4) is 0 Å². The Kier molecular flexibility index (Phi) is 6.02. The number of benzene rings is 2. The van der Waals surface area contributed by atoms with Gasteiger partial charge >= 0.3 is 0 Å². The predicted molar refractivity (Wildman–Crippen MR) is 126 cm³/mol. The number of nitrogens with one attached hydrogen (secondary N) is 1. The van der Waals surface area contributed by atoms with E-state index in [1.165, 1.54) is 43.7 Å². The first kappa shape index (κ1) is 23.0. The second-order valence-electron chi connectivity index (χ2n) is 8.61. The van der Waals surface area contributed by atoms with Gasteiger partial charge in [0.2, 0.25) is 0 Å². The average molecular weight is 498 g/mol. The molecule has 1 saturated carbocycles. The number of hydrogen-bond acceptors (Lipinski definition) is 6. The van der Waals surface area contributed by atoms with Crippen LogP contribution in [-0.2, 0) is 14.4 Å². The van der Waals surface area contributed by atoms with Crippen LogP contribution in [0.5, 0.6) is 11.5 Å². The maximum absolute atomic E-state index is 13.4. The van der Waals surface area contributed by atoms with Crippen molar-refractivity contribution in [2.75, 3.05) is 19.0 Å². The van der Waals surface area contributed by atoms with Gasteiger partial charge in [-0.2, -0.15) is 10.1 Å². The summed E-state index contributed by atoms with van der Waals surface area (Å²) in [6.07, 6.45) is 6.13. The number of nitrogens with zero attached hydrogens (tertiary/aromatic N) is 2. The molecule has 180 valence electrons. The number of ether oxygens (including phenoxy) is 2. The van der Waals surface area contributed by atoms with Crippen molar-refractivity contribution in [3.05, 3.63) is 65.0 Å². The Morgan fingerprint density at radius 1 is 1.20 bits per heavy atom. The van der Waals surface area contributed by atoms with Crippen LogP contribution in [0.1, 0.15) is 12.0 Å². The normalized spacial score (nSPS) is 24.4. The molecule has 1 saturated heterocycles. The van der Waals surface area contributed by atoms with E-state index in [1.807, 2.05) is 12.2 Å². The standard InChI is InChI=1S/C25H21ClFN3O5/c1-34-19-9-16(26)8-15(23(19)35-12-20(31)29-18-4-2-3-17(27)10-18)11-28-30-24(32)21-13-5-6-14(7-13)22(21)25(30)33/h2-6,8-11,13-14,21-22H,7,12H2,1H3,(H,29,31). The third-order valence-electron chi connectivity index (χ3n) is 6.48. The van der Waals surface area contributed by atoms with Crippen molar-refractivity contribution in [2.45, 2.75) is 6.42 Å². The summed E-state index contributed by atoms with van der Waals surface area (Å²) in [6.45, 7) is -0.421. The SMILES string of the molecule is COc1cc(Cl)cc(C=NN2C(=O)C3C4C=CC(C4)C3C2=O)c1OCC(=O)Nc1cccc(F)c1. The first-order chi connectivity index (χ1) is 16.9. The van der Waals surface area contributed by atoms with Gasteiger partial charge in [0.25, 0.3) is 17.7 Å². The van der Waals surface area contributed by atoms with Gasteiger partial charge in [0.15, 0.2) is 18.1 Å². The summed E-state index contributed by atoms with van der Waals surface area (Å²) in [5, 5.41) is 7.92. The number of carbonyl (C=O) groups is 3. The molecule has 2 aromatic carbocycles. The van der Waals surface area contributed by atoms with Crippen molar-refractivity contribution >= 4 is 41.2 Å². The number of halogens is 2. The molecule has 1 heterocycles. The number of methoxy groups -OCH3 is 1. The van der Waals surface area contributed by atoms with Crippen LogP contribution in [0.4, 0.5) is 10.1 Å². The summed E-state index contributed by atoms with van der Waals surface area (Å²) >= 11 is 6.19. The fraction of sp³-hybridized carbons (Fsp3) is 0.280. The van der Waals surface area contributed by atoms with Gasteiger partial charge in [-0.25, -0.2) is 4.39 Å². The molecule has 0 spiro atoms. The second kappa shape index (κ2) is 9.14. The van der Waals surface area contributed by atoms with Crippen molar-refractivity contribution < 1.29 is 28.2 Å². The minimum Gasteiger partial charge on any atom is -0.493 e. The molecule has 4 atom stereocenters. The van der Waals surface area contributed by atoms with Gasteiger partial charge in [0, 0.05) is 22.3 Å². The predicted octanol–water partition coefficient (Wildman–Crippen LogP) is 3.65. The van der Waals surface area contributed by atoms with E-state index in [-0.39, 0.29) is 52.7 Å². The third kappa shape index (κ3) is 4.27. The summed E-state index contributed by atoms with van der Waals surface area (Å²) in [7, 11) is 1.41. The minimum atomic E-state index is -0.531. The molecule has 5 rings (SSSR count). The molecule has 35 heavy (non-hydrogen) atoms. The number of anilines is 1. The third-order valence-corrected chi connectivity index (χ3v) is 6.70. The fourth-order valence-corrected chi connectivity index (χ4v) is 5.23. The molecule has 3 aliphatic rings. The van der Waals surface area contributed by atoms with Crippen LogP contribution < -0.4 is 14.8 Å². The summed E-state index contributed by atoms with van der Waals surface area (Å²) in [5.74, 6) is -1.87. The van der Waals surface area contributed by atoms with Gasteiger partial charge in [0.05, 0.1) is 25.2 Å². The highest BCUT2D eigenvalue weighted by Crippen LogP contribution is 2.52. The van der Waals surface area contributed by atoms with Crippen molar-refractivity contribution in [3.63, 3.8) is 0 Å². The van der Waals surface area contributed by atoms with E-state index < -0.39 is 18.3 Å². The van der Waals surface area contributed by atoms with Crippen LogP contribution >= 0.6 is 11.6 Å². The first-order valence-electron chi connectivity index (χ1n) is 11.0. The number of hydrogen-bond donors (Lipinski definition) is 1. The number of allylic oxidation sites excluding steroid dienone is 2. The summed E-state index contributed by atoms with van der Waals surface area (Å²) in [4.78, 5) is 38.1. The highest BCUT2D eigenvalue weighted by Gasteiger charge is 2.59. The van der Waals surface area contributed by atoms with E-state index >= 15 is 0 Å². The van der Waals surface area contributed by atoms with Crippen molar-refractivity contribution in [3.8, 4) is 11.5 Å². The lowest BCUT2D eigenvalue weighted by atomic mass is 9.85. The molecular formula is C25H21ClFN3O5. The Morgan fingerprint density at radius 2 is 1.91 bits per heavy atom. The van der Waals surface area contributed by atoms with Gasteiger partial charge in [0.1, 0.15) is 5.82 Å². The lowest BCUT2D eigenvalue weighted by Crippen LogP contribution is -2.28. The van der Waals surface area contributed by atoms with E-state index in [2.05, 4.69) is 10.4 Å². The first-order valence-corrected chi connectivity index (χ1v) is 11.4. The Morgan fingerprint density at radius 3 is 2.57 bits per heavy atom. The molecule has 4 unspecified atom stereocenters. The van der Waals surface area contributed by atoms with Crippen molar-refractivity contribution in [1.82, 2.24) is 5.01 Å². The molecule has 0 radical (unpaired) electrons. The number of fused-ring (bicyclic) bond motifs is 5. The van der Waals surface area contributed by atoms with Crippen LogP contribution in [0.15, 0.2) is 53.7 Å². The molecule has 8 nitrogen and oxygen atoms in total. The molecule has 1 aliphatic heterocycles. The minimum absolute atomic E-state index is 0.0726. The van der Waals surface area contributed by atoms with E-state index in [9.17, 15) is 18.8 Å². The zero-order valence-corrected chi connectivity index (χ0v) is 19.4. The molecule has 3 amide bonds. The number of rotatable bonds is 7. The lowest BCUT2D eigenvalue weighted by molar-refractivity contribution is -0.140. The largest absolute Gasteiger partial charge is 0.493 e. The fourth-order valence-electron chi connectivity index (χ4n) is 5.01. The van der Waals surface area contributed by atoms with Crippen molar-refractivity contribution in [2.24, 2.45) is 28.8 Å². The van der Waals surface area contributed by atoms with Crippen LogP contribution in [-0.4, -0.2) is 42.7 Å².